The summed E-state index contributed by atoms with van der Waals surface area (Å²) in [5.41, 5.74) is 1.25. The van der Waals surface area contributed by atoms with Gasteiger partial charge in [0.1, 0.15) is 0 Å². The van der Waals surface area contributed by atoms with Crippen LogP contribution in [0.5, 0.6) is 0 Å². The second-order valence-corrected chi connectivity index (χ2v) is 5.43. The first-order valence-corrected chi connectivity index (χ1v) is 7.06. The Hall–Kier alpha value is -2.04. The summed E-state index contributed by atoms with van der Waals surface area (Å²) in [6.07, 6.45) is 0.319. The van der Waals surface area contributed by atoms with E-state index < -0.39 is 0 Å². The molecule has 0 aromatic heterocycles. The van der Waals surface area contributed by atoms with Gasteiger partial charge in [-0.25, -0.2) is 0 Å². The fourth-order valence-electron chi connectivity index (χ4n) is 1.90. The van der Waals surface area contributed by atoms with Gasteiger partial charge >= 0.3 is 5.97 Å². The Morgan fingerprint density at radius 1 is 1.24 bits per heavy atom. The van der Waals surface area contributed by atoms with Crippen LogP contribution in [0.4, 0.5) is 0 Å². The van der Waals surface area contributed by atoms with Crippen LogP contribution in [0, 0.1) is 0 Å². The average Bonchev–Trinajstić information content (AvgIpc) is 2.51. The number of carbonyl (C=O) groups excluding carboxylic acids is 1. The van der Waals surface area contributed by atoms with E-state index in [0.29, 0.717) is 18.9 Å². The lowest BCUT2D eigenvalue weighted by Gasteiger charge is -2.26. The smallest absolute Gasteiger partial charge is 0.307 e. The number of benzene rings is 1. The van der Waals surface area contributed by atoms with E-state index in [2.05, 4.69) is 46.3 Å². The molecule has 5 nitrogen and oxygen atoms in total. The third-order valence-electron chi connectivity index (χ3n) is 3.33. The Bertz CT molecular complexity index is 470. The highest BCUT2D eigenvalue weighted by molar-refractivity contribution is 5.80. The van der Waals surface area contributed by atoms with Gasteiger partial charge in [0.15, 0.2) is 5.96 Å². The Morgan fingerprint density at radius 2 is 1.90 bits per heavy atom. The van der Waals surface area contributed by atoms with Gasteiger partial charge in [-0.2, -0.15) is 0 Å². The molecule has 1 aromatic carbocycles. The molecule has 0 amide bonds. The number of rotatable bonds is 6. The van der Waals surface area contributed by atoms with E-state index in [-0.39, 0.29) is 11.4 Å². The third kappa shape index (κ3) is 5.85. The average molecular weight is 291 g/mol. The maximum Gasteiger partial charge on any atom is 0.307 e. The molecule has 0 heterocycles. The molecule has 21 heavy (non-hydrogen) atoms. The van der Waals surface area contributed by atoms with Crippen molar-refractivity contribution in [2.24, 2.45) is 4.99 Å². The molecule has 0 aliphatic heterocycles. The molecule has 2 N–H and O–H groups in total. The second-order valence-electron chi connectivity index (χ2n) is 5.43. The van der Waals surface area contributed by atoms with Crippen molar-refractivity contribution in [3.63, 3.8) is 0 Å². The summed E-state index contributed by atoms with van der Waals surface area (Å²) < 4.78 is 4.60. The monoisotopic (exact) mass is 291 g/mol. The number of hydrogen-bond acceptors (Lipinski definition) is 3. The lowest BCUT2D eigenvalue weighted by Crippen LogP contribution is -2.44. The maximum absolute atomic E-state index is 11.1. The van der Waals surface area contributed by atoms with Gasteiger partial charge in [-0.1, -0.05) is 44.2 Å². The molecule has 1 aromatic rings. The van der Waals surface area contributed by atoms with E-state index in [1.54, 1.807) is 7.05 Å². The lowest BCUT2D eigenvalue weighted by molar-refractivity contribution is -0.140. The van der Waals surface area contributed by atoms with Gasteiger partial charge in [0.05, 0.1) is 13.5 Å². The van der Waals surface area contributed by atoms with Gasteiger partial charge in [-0.3, -0.25) is 9.79 Å². The van der Waals surface area contributed by atoms with Crippen LogP contribution >= 0.6 is 0 Å². The first-order valence-electron chi connectivity index (χ1n) is 7.06. The van der Waals surface area contributed by atoms with E-state index >= 15 is 0 Å². The Morgan fingerprint density at radius 3 is 2.48 bits per heavy atom. The summed E-state index contributed by atoms with van der Waals surface area (Å²) >= 11 is 0. The standard InChI is InChI=1S/C16H25N3O2/c1-16(2,13-8-6-5-7-9-13)12-19-15(17-3)18-11-10-14(20)21-4/h5-9H,10-12H2,1-4H3,(H2,17,18,19). The molecule has 0 aliphatic rings. The van der Waals surface area contributed by atoms with Crippen LogP contribution in [0.2, 0.25) is 0 Å². The number of hydrogen-bond donors (Lipinski definition) is 2. The van der Waals surface area contributed by atoms with E-state index in [0.717, 1.165) is 6.54 Å². The van der Waals surface area contributed by atoms with Crippen LogP contribution in [0.25, 0.3) is 0 Å². The Labute approximate surface area is 126 Å². The molecule has 0 fully saturated rings. The summed E-state index contributed by atoms with van der Waals surface area (Å²) in [6, 6.07) is 10.3. The Balaban J connectivity index is 2.46. The zero-order valence-corrected chi connectivity index (χ0v) is 13.3. The van der Waals surface area contributed by atoms with Gasteiger partial charge < -0.3 is 15.4 Å². The second kappa shape index (κ2) is 8.29. The van der Waals surface area contributed by atoms with Crippen LogP contribution in [-0.4, -0.2) is 39.2 Å². The minimum Gasteiger partial charge on any atom is -0.469 e. The fourth-order valence-corrected chi connectivity index (χ4v) is 1.90. The number of esters is 1. The molecule has 0 saturated carbocycles. The highest BCUT2D eigenvalue weighted by Gasteiger charge is 2.20. The number of nitrogens with one attached hydrogen (secondary N) is 2. The molecule has 116 valence electrons. The number of methoxy groups -OCH3 is 1. The maximum atomic E-state index is 11.1. The van der Waals surface area contributed by atoms with Crippen molar-refractivity contribution in [2.75, 3.05) is 27.2 Å². The summed E-state index contributed by atoms with van der Waals surface area (Å²) in [4.78, 5) is 15.2. The first kappa shape index (κ1) is 17.0. The highest BCUT2D eigenvalue weighted by Crippen LogP contribution is 2.21. The van der Waals surface area contributed by atoms with Gasteiger partial charge in [0.25, 0.3) is 0 Å². The summed E-state index contributed by atoms with van der Waals surface area (Å²) in [5, 5.41) is 6.38. The molecule has 0 spiro atoms. The van der Waals surface area contributed by atoms with Crippen LogP contribution in [-0.2, 0) is 14.9 Å². The molecule has 5 heteroatoms. The highest BCUT2D eigenvalue weighted by atomic mass is 16.5. The molecule has 0 radical (unpaired) electrons. The van der Waals surface area contributed by atoms with Crippen molar-refractivity contribution in [3.05, 3.63) is 35.9 Å². The van der Waals surface area contributed by atoms with Crippen molar-refractivity contribution in [3.8, 4) is 0 Å². The normalized spacial score (nSPS) is 11.9. The molecule has 0 bridgehead atoms. The molecular weight excluding hydrogens is 266 g/mol. The SMILES string of the molecule is CN=C(NCCC(=O)OC)NCC(C)(C)c1ccccc1. The zero-order chi connectivity index (χ0) is 15.7. The lowest BCUT2D eigenvalue weighted by atomic mass is 9.85. The molecule has 0 atom stereocenters. The zero-order valence-electron chi connectivity index (χ0n) is 13.3. The van der Waals surface area contributed by atoms with E-state index in [1.807, 2.05) is 18.2 Å². The van der Waals surface area contributed by atoms with E-state index in [4.69, 9.17) is 0 Å². The third-order valence-corrected chi connectivity index (χ3v) is 3.33. The number of nitrogens with zero attached hydrogens (tertiary/aromatic N) is 1. The predicted molar refractivity (Wildman–Crippen MR) is 85.5 cm³/mol. The van der Waals surface area contributed by atoms with Gasteiger partial charge in [-0.05, 0) is 5.56 Å². The topological polar surface area (TPSA) is 62.7 Å². The minimum atomic E-state index is -0.234. The van der Waals surface area contributed by atoms with Crippen molar-refractivity contribution < 1.29 is 9.53 Å². The summed E-state index contributed by atoms with van der Waals surface area (Å²) in [7, 11) is 3.10. The Kier molecular flexibility index (Phi) is 6.72. The number of ether oxygens (including phenoxy) is 1. The van der Waals surface area contributed by atoms with Crippen LogP contribution in [0.15, 0.2) is 35.3 Å². The van der Waals surface area contributed by atoms with E-state index in [1.165, 1.54) is 12.7 Å². The molecule has 0 unspecified atom stereocenters. The van der Waals surface area contributed by atoms with Crippen molar-refractivity contribution in [1.29, 1.82) is 0 Å². The van der Waals surface area contributed by atoms with Gasteiger partial charge in [-0.15, -0.1) is 0 Å². The van der Waals surface area contributed by atoms with Crippen LogP contribution in [0.3, 0.4) is 0 Å². The number of aliphatic imine (C=N–C) groups is 1. The van der Waals surface area contributed by atoms with Crippen molar-refractivity contribution in [1.82, 2.24) is 10.6 Å². The number of carbonyl (C=O) groups is 1. The largest absolute Gasteiger partial charge is 0.469 e. The summed E-state index contributed by atoms with van der Waals surface area (Å²) in [5.74, 6) is 0.450. The predicted octanol–water partition coefficient (Wildman–Crippen LogP) is 1.69. The molecule has 1 rings (SSSR count). The van der Waals surface area contributed by atoms with Gasteiger partial charge in [0.2, 0.25) is 0 Å². The minimum absolute atomic E-state index is 0.0127. The summed E-state index contributed by atoms with van der Waals surface area (Å²) in [6.45, 7) is 5.60. The van der Waals surface area contributed by atoms with E-state index in [9.17, 15) is 4.79 Å². The van der Waals surface area contributed by atoms with Crippen LogP contribution < -0.4 is 10.6 Å². The first-order chi connectivity index (χ1) is 9.99. The van der Waals surface area contributed by atoms with Crippen molar-refractivity contribution >= 4 is 11.9 Å². The number of guanidine groups is 1. The fraction of sp³-hybridized carbons (Fsp3) is 0.500. The molecular formula is C16H25N3O2. The van der Waals surface area contributed by atoms with Gasteiger partial charge in [0, 0.05) is 25.6 Å². The van der Waals surface area contributed by atoms with Crippen LogP contribution in [0.1, 0.15) is 25.8 Å². The molecule has 0 saturated heterocycles. The molecule has 0 aliphatic carbocycles. The quantitative estimate of drug-likeness (QED) is 0.476. The van der Waals surface area contributed by atoms with Crippen molar-refractivity contribution in [2.45, 2.75) is 25.7 Å².